The number of rotatable bonds is 5. The van der Waals surface area contributed by atoms with Gasteiger partial charge in [0.05, 0.1) is 0 Å². The van der Waals surface area contributed by atoms with E-state index in [4.69, 9.17) is 9.15 Å². The maximum Gasteiger partial charge on any atom is 0.422 e. The molecule has 0 bridgehead atoms. The maximum absolute atomic E-state index is 12.3. The molecule has 0 saturated carbocycles. The van der Waals surface area contributed by atoms with Crippen LogP contribution >= 0.6 is 0 Å². The van der Waals surface area contributed by atoms with E-state index in [9.17, 15) is 18.0 Å². The molecule has 3 aromatic rings. The first-order chi connectivity index (χ1) is 12.7. The van der Waals surface area contributed by atoms with Crippen LogP contribution in [0.25, 0.3) is 11.0 Å². The Morgan fingerprint density at radius 2 is 1.81 bits per heavy atom. The van der Waals surface area contributed by atoms with E-state index in [1.165, 1.54) is 18.2 Å². The lowest BCUT2D eigenvalue weighted by Gasteiger charge is -2.12. The highest BCUT2D eigenvalue weighted by Crippen LogP contribution is 2.24. The molecule has 1 aromatic heterocycles. The smallest absolute Gasteiger partial charge is 0.422 e. The quantitative estimate of drug-likeness (QED) is 0.639. The van der Waals surface area contributed by atoms with Crippen molar-refractivity contribution >= 4 is 16.7 Å². The van der Waals surface area contributed by atoms with E-state index in [2.05, 4.69) is 5.32 Å². The Balaban J connectivity index is 1.81. The molecular weight excluding hydrogens is 359 g/mol. The number of alkyl halides is 3. The van der Waals surface area contributed by atoms with Crippen LogP contribution in [-0.2, 0) is 6.54 Å². The fourth-order valence-corrected chi connectivity index (χ4v) is 2.69. The van der Waals surface area contributed by atoms with Crippen LogP contribution in [0.4, 0.5) is 18.9 Å². The number of aryl methyl sites for hydroxylation is 2. The highest BCUT2D eigenvalue weighted by Gasteiger charge is 2.28. The number of ether oxygens (including phenoxy) is 1. The molecule has 27 heavy (non-hydrogen) atoms. The lowest BCUT2D eigenvalue weighted by molar-refractivity contribution is -0.153. The van der Waals surface area contributed by atoms with E-state index in [0.717, 1.165) is 22.1 Å². The second-order valence-electron chi connectivity index (χ2n) is 6.31. The van der Waals surface area contributed by atoms with Crippen LogP contribution in [0.5, 0.6) is 5.75 Å². The molecular formula is C20H18F3NO3. The molecule has 0 atom stereocenters. The molecule has 0 aliphatic carbocycles. The van der Waals surface area contributed by atoms with E-state index >= 15 is 0 Å². The standard InChI is InChI=1S/C20H18F3NO3/c1-12-6-17-14(8-19(25)27-18(17)7-13(12)2)10-24-15-4-3-5-16(9-15)26-11-20(21,22)23/h3-9,24H,10-11H2,1-2H3. The molecule has 7 heteroatoms. The minimum atomic E-state index is -4.39. The minimum Gasteiger partial charge on any atom is -0.484 e. The van der Waals surface area contributed by atoms with E-state index < -0.39 is 18.4 Å². The number of hydrogen-bond donors (Lipinski definition) is 1. The van der Waals surface area contributed by atoms with Gasteiger partial charge in [-0.1, -0.05) is 6.07 Å². The Kier molecular flexibility index (Phi) is 5.12. The fourth-order valence-electron chi connectivity index (χ4n) is 2.69. The highest BCUT2D eigenvalue weighted by atomic mass is 19.4. The van der Waals surface area contributed by atoms with Gasteiger partial charge in [-0.2, -0.15) is 13.2 Å². The normalized spacial score (nSPS) is 11.6. The zero-order valence-corrected chi connectivity index (χ0v) is 14.8. The summed E-state index contributed by atoms with van der Waals surface area (Å²) in [5.41, 5.74) is 3.46. The van der Waals surface area contributed by atoms with Gasteiger partial charge in [-0.05, 0) is 54.8 Å². The van der Waals surface area contributed by atoms with Crippen LogP contribution in [0.3, 0.4) is 0 Å². The van der Waals surface area contributed by atoms with Crippen molar-refractivity contribution in [1.29, 1.82) is 0 Å². The predicted molar refractivity (Wildman–Crippen MR) is 97.3 cm³/mol. The van der Waals surface area contributed by atoms with Gasteiger partial charge >= 0.3 is 11.8 Å². The van der Waals surface area contributed by atoms with Crippen LogP contribution in [-0.4, -0.2) is 12.8 Å². The SMILES string of the molecule is Cc1cc2oc(=O)cc(CNc3cccc(OCC(F)(F)F)c3)c2cc1C. The fraction of sp³-hybridized carbons (Fsp3) is 0.250. The van der Waals surface area contributed by atoms with Gasteiger partial charge in [-0.3, -0.25) is 0 Å². The first kappa shape index (κ1) is 18.8. The summed E-state index contributed by atoms with van der Waals surface area (Å²) in [7, 11) is 0. The largest absolute Gasteiger partial charge is 0.484 e. The van der Waals surface area contributed by atoms with Crippen molar-refractivity contribution in [2.24, 2.45) is 0 Å². The van der Waals surface area contributed by atoms with Gasteiger partial charge in [-0.15, -0.1) is 0 Å². The summed E-state index contributed by atoms with van der Waals surface area (Å²) < 4.78 is 46.9. The van der Waals surface area contributed by atoms with Crippen molar-refractivity contribution in [2.75, 3.05) is 11.9 Å². The molecule has 0 saturated heterocycles. The number of benzene rings is 2. The third-order valence-corrected chi connectivity index (χ3v) is 4.16. The zero-order valence-electron chi connectivity index (χ0n) is 14.8. The van der Waals surface area contributed by atoms with Crippen molar-refractivity contribution < 1.29 is 22.3 Å². The summed E-state index contributed by atoms with van der Waals surface area (Å²) in [5, 5.41) is 3.92. The summed E-state index contributed by atoms with van der Waals surface area (Å²) in [4.78, 5) is 11.8. The molecule has 1 N–H and O–H groups in total. The van der Waals surface area contributed by atoms with Gasteiger partial charge in [0.2, 0.25) is 0 Å². The Morgan fingerprint density at radius 1 is 1.07 bits per heavy atom. The molecule has 0 aliphatic rings. The molecule has 0 amide bonds. The van der Waals surface area contributed by atoms with Crippen molar-refractivity contribution in [3.63, 3.8) is 0 Å². The van der Waals surface area contributed by atoms with Crippen molar-refractivity contribution in [3.8, 4) is 5.75 Å². The highest BCUT2D eigenvalue weighted by molar-refractivity contribution is 5.82. The lowest BCUT2D eigenvalue weighted by Crippen LogP contribution is -2.19. The summed E-state index contributed by atoms with van der Waals surface area (Å²) in [6.45, 7) is 2.87. The van der Waals surface area contributed by atoms with Gasteiger partial charge in [0, 0.05) is 29.8 Å². The monoisotopic (exact) mass is 377 g/mol. The van der Waals surface area contributed by atoms with Crippen LogP contribution in [0.1, 0.15) is 16.7 Å². The second-order valence-corrected chi connectivity index (χ2v) is 6.31. The second kappa shape index (κ2) is 7.34. The lowest BCUT2D eigenvalue weighted by atomic mass is 10.0. The third kappa shape index (κ3) is 4.81. The van der Waals surface area contributed by atoms with Gasteiger partial charge in [0.25, 0.3) is 0 Å². The Morgan fingerprint density at radius 3 is 2.56 bits per heavy atom. The van der Waals surface area contributed by atoms with Gasteiger partial charge in [-0.25, -0.2) is 4.79 Å². The number of nitrogens with one attached hydrogen (secondary N) is 1. The van der Waals surface area contributed by atoms with E-state index in [-0.39, 0.29) is 5.75 Å². The van der Waals surface area contributed by atoms with Gasteiger partial charge < -0.3 is 14.5 Å². The molecule has 0 radical (unpaired) electrons. The number of halogens is 3. The van der Waals surface area contributed by atoms with Crippen LogP contribution in [0.15, 0.2) is 51.7 Å². The molecule has 2 aromatic carbocycles. The number of fused-ring (bicyclic) bond motifs is 1. The number of hydrogen-bond acceptors (Lipinski definition) is 4. The average molecular weight is 377 g/mol. The van der Waals surface area contributed by atoms with Crippen LogP contribution in [0, 0.1) is 13.8 Å². The molecule has 142 valence electrons. The van der Waals surface area contributed by atoms with Crippen LogP contribution < -0.4 is 15.7 Å². The summed E-state index contributed by atoms with van der Waals surface area (Å²) >= 11 is 0. The molecule has 0 fully saturated rings. The summed E-state index contributed by atoms with van der Waals surface area (Å²) in [5.74, 6) is 0.112. The topological polar surface area (TPSA) is 51.5 Å². The molecule has 1 heterocycles. The molecule has 0 aliphatic heterocycles. The van der Waals surface area contributed by atoms with Gasteiger partial charge in [0.1, 0.15) is 11.3 Å². The average Bonchev–Trinajstić information content (AvgIpc) is 2.59. The Hall–Kier alpha value is -2.96. The predicted octanol–water partition coefficient (Wildman–Crippen LogP) is 4.96. The first-order valence-electron chi connectivity index (χ1n) is 8.29. The van der Waals surface area contributed by atoms with Crippen molar-refractivity contribution in [3.05, 3.63) is 69.6 Å². The van der Waals surface area contributed by atoms with E-state index in [0.29, 0.717) is 17.8 Å². The summed E-state index contributed by atoms with van der Waals surface area (Å²) in [6.07, 6.45) is -4.39. The van der Waals surface area contributed by atoms with Crippen molar-refractivity contribution in [1.82, 2.24) is 0 Å². The van der Waals surface area contributed by atoms with Crippen molar-refractivity contribution in [2.45, 2.75) is 26.6 Å². The van der Waals surface area contributed by atoms with Gasteiger partial charge in [0.15, 0.2) is 6.61 Å². The number of anilines is 1. The zero-order chi connectivity index (χ0) is 19.6. The molecule has 3 rings (SSSR count). The van der Waals surface area contributed by atoms with E-state index in [1.807, 2.05) is 26.0 Å². The van der Waals surface area contributed by atoms with E-state index in [1.54, 1.807) is 12.1 Å². The Labute approximate surface area is 153 Å². The first-order valence-corrected chi connectivity index (χ1v) is 8.29. The maximum atomic E-state index is 12.3. The Bertz CT molecular complexity index is 1030. The third-order valence-electron chi connectivity index (χ3n) is 4.16. The van der Waals surface area contributed by atoms with Crippen LogP contribution in [0.2, 0.25) is 0 Å². The molecule has 4 nitrogen and oxygen atoms in total. The minimum absolute atomic E-state index is 0.112. The molecule has 0 spiro atoms. The molecule has 0 unspecified atom stereocenters. The summed E-state index contributed by atoms with van der Waals surface area (Å²) in [6, 6.07) is 11.4.